The van der Waals surface area contributed by atoms with E-state index in [-0.39, 0.29) is 6.10 Å². The van der Waals surface area contributed by atoms with Gasteiger partial charge < -0.3 is 10.2 Å². The van der Waals surface area contributed by atoms with Crippen molar-refractivity contribution < 1.29 is 15.0 Å². The molecule has 0 amide bonds. The Morgan fingerprint density at radius 2 is 1.83 bits per heavy atom. The summed E-state index contributed by atoms with van der Waals surface area (Å²) in [6, 6.07) is 9.29. The SMILES string of the molecule is CC(C(=O)O)(c1ccccc1)N1CCC(O)CC1. The molecule has 0 spiro atoms. The van der Waals surface area contributed by atoms with Gasteiger partial charge in [0.25, 0.3) is 0 Å². The summed E-state index contributed by atoms with van der Waals surface area (Å²) < 4.78 is 0. The molecule has 18 heavy (non-hydrogen) atoms. The first kappa shape index (κ1) is 13.1. The number of benzene rings is 1. The minimum Gasteiger partial charge on any atom is -0.480 e. The Hall–Kier alpha value is -1.39. The molecule has 0 bridgehead atoms. The van der Waals surface area contributed by atoms with E-state index in [0.29, 0.717) is 25.9 Å². The summed E-state index contributed by atoms with van der Waals surface area (Å²) >= 11 is 0. The second-order valence-corrected chi connectivity index (χ2v) is 4.96. The van der Waals surface area contributed by atoms with Gasteiger partial charge in [0.05, 0.1) is 6.10 Å². The Labute approximate surface area is 107 Å². The minimum absolute atomic E-state index is 0.296. The van der Waals surface area contributed by atoms with E-state index >= 15 is 0 Å². The highest BCUT2D eigenvalue weighted by Gasteiger charge is 2.42. The number of aliphatic hydroxyl groups excluding tert-OH is 1. The number of aliphatic carboxylic acids is 1. The van der Waals surface area contributed by atoms with Crippen LogP contribution in [-0.2, 0) is 10.3 Å². The lowest BCUT2D eigenvalue weighted by Gasteiger charge is -2.41. The van der Waals surface area contributed by atoms with Crippen LogP contribution in [0.4, 0.5) is 0 Å². The van der Waals surface area contributed by atoms with Gasteiger partial charge in [-0.1, -0.05) is 30.3 Å². The molecule has 0 saturated carbocycles. The predicted molar refractivity (Wildman–Crippen MR) is 68.2 cm³/mol. The normalized spacial score (nSPS) is 21.4. The zero-order valence-corrected chi connectivity index (χ0v) is 10.5. The van der Waals surface area contributed by atoms with Crippen LogP contribution in [0.15, 0.2) is 30.3 Å². The topological polar surface area (TPSA) is 60.8 Å². The van der Waals surface area contributed by atoms with Crippen molar-refractivity contribution in [3.05, 3.63) is 35.9 Å². The van der Waals surface area contributed by atoms with Crippen molar-refractivity contribution in [2.75, 3.05) is 13.1 Å². The second kappa shape index (κ2) is 5.08. The molecule has 1 aromatic rings. The van der Waals surface area contributed by atoms with E-state index in [2.05, 4.69) is 0 Å². The van der Waals surface area contributed by atoms with Crippen LogP contribution in [0.1, 0.15) is 25.3 Å². The highest BCUT2D eigenvalue weighted by molar-refractivity contribution is 5.80. The fraction of sp³-hybridized carbons (Fsp3) is 0.500. The van der Waals surface area contributed by atoms with Gasteiger partial charge in [-0.2, -0.15) is 0 Å². The van der Waals surface area contributed by atoms with Crippen LogP contribution in [0.3, 0.4) is 0 Å². The molecule has 1 aliphatic heterocycles. The number of hydrogen-bond donors (Lipinski definition) is 2. The first-order valence-electron chi connectivity index (χ1n) is 6.27. The fourth-order valence-corrected chi connectivity index (χ4v) is 2.52. The number of hydrogen-bond acceptors (Lipinski definition) is 3. The average molecular weight is 249 g/mol. The number of carboxylic acids is 1. The molecule has 1 fully saturated rings. The lowest BCUT2D eigenvalue weighted by molar-refractivity contribution is -0.153. The molecule has 1 saturated heterocycles. The largest absolute Gasteiger partial charge is 0.480 e. The Kier molecular flexibility index (Phi) is 3.68. The first-order chi connectivity index (χ1) is 8.55. The van der Waals surface area contributed by atoms with Crippen LogP contribution in [-0.4, -0.2) is 40.3 Å². The van der Waals surface area contributed by atoms with E-state index in [9.17, 15) is 15.0 Å². The lowest BCUT2D eigenvalue weighted by Crippen LogP contribution is -2.53. The number of rotatable bonds is 3. The third-order valence-electron chi connectivity index (χ3n) is 3.85. The maximum absolute atomic E-state index is 11.7. The van der Waals surface area contributed by atoms with Crippen molar-refractivity contribution in [1.29, 1.82) is 0 Å². The maximum atomic E-state index is 11.7. The van der Waals surface area contributed by atoms with Gasteiger partial charge in [0.2, 0.25) is 0 Å². The van der Waals surface area contributed by atoms with Crippen LogP contribution in [0.5, 0.6) is 0 Å². The zero-order chi connectivity index (χ0) is 13.2. The molecule has 98 valence electrons. The van der Waals surface area contributed by atoms with Crippen molar-refractivity contribution in [2.45, 2.75) is 31.4 Å². The van der Waals surface area contributed by atoms with E-state index < -0.39 is 11.5 Å². The van der Waals surface area contributed by atoms with Crippen molar-refractivity contribution in [3.8, 4) is 0 Å². The molecule has 1 atom stereocenters. The number of carboxylic acid groups (broad SMARTS) is 1. The molecule has 0 aliphatic carbocycles. The second-order valence-electron chi connectivity index (χ2n) is 4.96. The third-order valence-corrected chi connectivity index (χ3v) is 3.85. The zero-order valence-electron chi connectivity index (χ0n) is 10.5. The standard InChI is InChI=1S/C14H19NO3/c1-14(13(17)18,11-5-3-2-4-6-11)15-9-7-12(16)8-10-15/h2-6,12,16H,7-10H2,1H3,(H,17,18). The van der Waals surface area contributed by atoms with Crippen molar-refractivity contribution in [2.24, 2.45) is 0 Å². The van der Waals surface area contributed by atoms with Crippen LogP contribution >= 0.6 is 0 Å². The van der Waals surface area contributed by atoms with Crippen LogP contribution < -0.4 is 0 Å². The quantitative estimate of drug-likeness (QED) is 0.851. The van der Waals surface area contributed by atoms with Crippen LogP contribution in [0, 0.1) is 0 Å². The lowest BCUT2D eigenvalue weighted by atomic mass is 9.88. The van der Waals surface area contributed by atoms with Gasteiger partial charge in [-0.15, -0.1) is 0 Å². The van der Waals surface area contributed by atoms with Crippen LogP contribution in [0.2, 0.25) is 0 Å². The molecular formula is C14H19NO3. The van der Waals surface area contributed by atoms with Crippen molar-refractivity contribution >= 4 is 5.97 Å². The molecular weight excluding hydrogens is 230 g/mol. The maximum Gasteiger partial charge on any atom is 0.328 e. The van der Waals surface area contributed by atoms with Crippen LogP contribution in [0.25, 0.3) is 0 Å². The molecule has 2 N–H and O–H groups in total. The number of nitrogens with zero attached hydrogens (tertiary/aromatic N) is 1. The summed E-state index contributed by atoms with van der Waals surface area (Å²) in [5.74, 6) is -0.843. The summed E-state index contributed by atoms with van der Waals surface area (Å²) in [6.45, 7) is 2.96. The average Bonchev–Trinajstić information content (AvgIpc) is 2.39. The number of aliphatic hydroxyl groups is 1. The molecule has 1 unspecified atom stereocenters. The van der Waals surface area contributed by atoms with Gasteiger partial charge >= 0.3 is 5.97 Å². The molecule has 4 nitrogen and oxygen atoms in total. The molecule has 4 heteroatoms. The van der Waals surface area contributed by atoms with Gasteiger partial charge in [0.15, 0.2) is 0 Å². The summed E-state index contributed by atoms with van der Waals surface area (Å²) in [5.41, 5.74) is -0.226. The summed E-state index contributed by atoms with van der Waals surface area (Å²) in [7, 11) is 0. The molecule has 1 aromatic carbocycles. The Morgan fingerprint density at radius 1 is 1.28 bits per heavy atom. The fourth-order valence-electron chi connectivity index (χ4n) is 2.52. The van der Waals surface area contributed by atoms with E-state index in [1.54, 1.807) is 6.92 Å². The summed E-state index contributed by atoms with van der Waals surface area (Å²) in [6.07, 6.45) is 0.973. The summed E-state index contributed by atoms with van der Waals surface area (Å²) in [5, 5.41) is 19.1. The third kappa shape index (κ3) is 2.26. The first-order valence-corrected chi connectivity index (χ1v) is 6.27. The monoisotopic (exact) mass is 249 g/mol. The van der Waals surface area contributed by atoms with E-state index in [0.717, 1.165) is 5.56 Å². The highest BCUT2D eigenvalue weighted by Crippen LogP contribution is 2.31. The Balaban J connectivity index is 2.30. The number of likely N-dealkylation sites (tertiary alicyclic amines) is 1. The van der Waals surface area contributed by atoms with E-state index in [1.807, 2.05) is 35.2 Å². The van der Waals surface area contributed by atoms with Gasteiger partial charge in [0.1, 0.15) is 5.54 Å². The molecule has 2 rings (SSSR count). The van der Waals surface area contributed by atoms with Gasteiger partial charge in [0, 0.05) is 13.1 Å². The molecule has 1 aliphatic rings. The number of piperidine rings is 1. The van der Waals surface area contributed by atoms with E-state index in [1.165, 1.54) is 0 Å². The van der Waals surface area contributed by atoms with Gasteiger partial charge in [-0.05, 0) is 25.3 Å². The van der Waals surface area contributed by atoms with E-state index in [4.69, 9.17) is 0 Å². The number of carbonyl (C=O) groups is 1. The predicted octanol–water partition coefficient (Wildman–Crippen LogP) is 1.44. The molecule has 0 radical (unpaired) electrons. The minimum atomic E-state index is -1.01. The van der Waals surface area contributed by atoms with Gasteiger partial charge in [-0.3, -0.25) is 4.90 Å². The van der Waals surface area contributed by atoms with Crippen molar-refractivity contribution in [1.82, 2.24) is 4.90 Å². The van der Waals surface area contributed by atoms with Gasteiger partial charge in [-0.25, -0.2) is 4.79 Å². The Morgan fingerprint density at radius 3 is 2.33 bits per heavy atom. The van der Waals surface area contributed by atoms with Crippen molar-refractivity contribution in [3.63, 3.8) is 0 Å². The Bertz CT molecular complexity index is 412. The summed E-state index contributed by atoms with van der Waals surface area (Å²) in [4.78, 5) is 13.6. The highest BCUT2D eigenvalue weighted by atomic mass is 16.4. The molecule has 0 aromatic heterocycles. The smallest absolute Gasteiger partial charge is 0.328 e. The molecule has 1 heterocycles.